The van der Waals surface area contributed by atoms with Gasteiger partial charge in [0.25, 0.3) is 10.0 Å². The van der Waals surface area contributed by atoms with Crippen molar-refractivity contribution in [2.45, 2.75) is 56.4 Å². The maximum Gasteiger partial charge on any atom is 0.261 e. The van der Waals surface area contributed by atoms with Crippen molar-refractivity contribution in [1.82, 2.24) is 0 Å². The van der Waals surface area contributed by atoms with Crippen LogP contribution in [-0.2, 0) is 10.0 Å². The van der Waals surface area contributed by atoms with Crippen LogP contribution in [0.1, 0.15) is 45.4 Å². The van der Waals surface area contributed by atoms with Gasteiger partial charge in [0.15, 0.2) is 0 Å². The van der Waals surface area contributed by atoms with Gasteiger partial charge in [-0.1, -0.05) is 13.3 Å². The van der Waals surface area contributed by atoms with E-state index in [1.165, 1.54) is 12.8 Å². The Bertz CT molecular complexity index is 812. The Hall–Kier alpha value is -2.21. The first kappa shape index (κ1) is 19.5. The van der Waals surface area contributed by atoms with Crippen LogP contribution in [0.4, 0.5) is 11.4 Å². The number of ether oxygens (including phenoxy) is 1. The molecule has 0 unspecified atom stereocenters. The van der Waals surface area contributed by atoms with Crippen LogP contribution in [-0.4, -0.2) is 21.1 Å². The van der Waals surface area contributed by atoms with E-state index in [2.05, 4.69) is 17.0 Å². The van der Waals surface area contributed by atoms with Crippen LogP contribution in [0.5, 0.6) is 5.75 Å². The van der Waals surface area contributed by atoms with Crippen LogP contribution < -0.4 is 14.8 Å². The zero-order chi connectivity index (χ0) is 19.1. The minimum absolute atomic E-state index is 0.228. The fourth-order valence-corrected chi connectivity index (χ4v) is 4.23. The van der Waals surface area contributed by atoms with Crippen molar-refractivity contribution in [3.63, 3.8) is 0 Å². The SMILES string of the molecule is CCCCNc1ccc(NS(=O)(=O)c2ccc(OC3CCCC3)cc2)cc1. The van der Waals surface area contributed by atoms with E-state index in [0.29, 0.717) is 5.69 Å². The third-order valence-electron chi connectivity index (χ3n) is 4.74. The number of hydrogen-bond donors (Lipinski definition) is 2. The van der Waals surface area contributed by atoms with Gasteiger partial charge >= 0.3 is 0 Å². The van der Waals surface area contributed by atoms with Crippen molar-refractivity contribution in [2.75, 3.05) is 16.6 Å². The first-order valence-electron chi connectivity index (χ1n) is 9.70. The summed E-state index contributed by atoms with van der Waals surface area (Å²) in [6.45, 7) is 3.06. The van der Waals surface area contributed by atoms with Gasteiger partial charge in [0.1, 0.15) is 5.75 Å². The minimum Gasteiger partial charge on any atom is -0.490 e. The molecule has 2 aromatic carbocycles. The van der Waals surface area contributed by atoms with Gasteiger partial charge in [-0.25, -0.2) is 8.42 Å². The van der Waals surface area contributed by atoms with Crippen molar-refractivity contribution in [3.8, 4) is 5.75 Å². The van der Waals surface area contributed by atoms with Crippen LogP contribution in [0.25, 0.3) is 0 Å². The Morgan fingerprint density at radius 2 is 1.59 bits per heavy atom. The highest BCUT2D eigenvalue weighted by molar-refractivity contribution is 7.92. The molecular weight excluding hydrogens is 360 g/mol. The minimum atomic E-state index is -3.62. The quantitative estimate of drug-likeness (QED) is 0.592. The number of anilines is 2. The topological polar surface area (TPSA) is 67.4 Å². The lowest BCUT2D eigenvalue weighted by atomic mass is 10.2. The second-order valence-electron chi connectivity index (χ2n) is 6.96. The Labute approximate surface area is 162 Å². The Kier molecular flexibility index (Phi) is 6.61. The molecule has 6 heteroatoms. The monoisotopic (exact) mass is 388 g/mol. The summed E-state index contributed by atoms with van der Waals surface area (Å²) in [5, 5.41) is 3.31. The normalized spacial score (nSPS) is 14.9. The van der Waals surface area contributed by atoms with Crippen molar-refractivity contribution in [3.05, 3.63) is 48.5 Å². The van der Waals surface area contributed by atoms with E-state index in [4.69, 9.17) is 4.74 Å². The molecule has 0 spiro atoms. The predicted molar refractivity (Wildman–Crippen MR) is 110 cm³/mol. The molecule has 0 amide bonds. The van der Waals surface area contributed by atoms with Crippen molar-refractivity contribution >= 4 is 21.4 Å². The van der Waals surface area contributed by atoms with E-state index >= 15 is 0 Å². The largest absolute Gasteiger partial charge is 0.490 e. The van der Waals surface area contributed by atoms with Gasteiger partial charge in [-0.2, -0.15) is 0 Å². The van der Waals surface area contributed by atoms with Gasteiger partial charge in [0.05, 0.1) is 11.0 Å². The van der Waals surface area contributed by atoms with Gasteiger partial charge in [-0.05, 0) is 80.6 Å². The maximum atomic E-state index is 12.6. The first-order chi connectivity index (χ1) is 13.1. The number of benzene rings is 2. The molecule has 5 nitrogen and oxygen atoms in total. The maximum absolute atomic E-state index is 12.6. The molecule has 2 aromatic rings. The molecule has 0 aromatic heterocycles. The average Bonchev–Trinajstić information content (AvgIpc) is 3.17. The zero-order valence-electron chi connectivity index (χ0n) is 15.8. The highest BCUT2D eigenvalue weighted by atomic mass is 32.2. The van der Waals surface area contributed by atoms with Gasteiger partial charge in [0.2, 0.25) is 0 Å². The third kappa shape index (κ3) is 5.63. The number of hydrogen-bond acceptors (Lipinski definition) is 4. The predicted octanol–water partition coefficient (Wildman–Crippen LogP) is 5.02. The highest BCUT2D eigenvalue weighted by Crippen LogP contribution is 2.25. The molecule has 1 aliphatic carbocycles. The number of nitrogens with one attached hydrogen (secondary N) is 2. The summed E-state index contributed by atoms with van der Waals surface area (Å²) in [6.07, 6.45) is 7.05. The van der Waals surface area contributed by atoms with Crippen molar-refractivity contribution in [1.29, 1.82) is 0 Å². The molecule has 27 heavy (non-hydrogen) atoms. The van der Waals surface area contributed by atoms with Crippen LogP contribution in [0.15, 0.2) is 53.4 Å². The smallest absolute Gasteiger partial charge is 0.261 e. The Morgan fingerprint density at radius 1 is 0.963 bits per heavy atom. The summed E-state index contributed by atoms with van der Waals surface area (Å²) >= 11 is 0. The zero-order valence-corrected chi connectivity index (χ0v) is 16.6. The van der Waals surface area contributed by atoms with E-state index in [9.17, 15) is 8.42 Å². The third-order valence-corrected chi connectivity index (χ3v) is 6.13. The molecule has 0 atom stereocenters. The van der Waals surface area contributed by atoms with Gasteiger partial charge in [-0.3, -0.25) is 4.72 Å². The molecule has 0 heterocycles. The van der Waals surface area contributed by atoms with E-state index < -0.39 is 10.0 Å². The van der Waals surface area contributed by atoms with E-state index in [1.54, 1.807) is 36.4 Å². The van der Waals surface area contributed by atoms with Crippen LogP contribution in [0, 0.1) is 0 Å². The lowest BCUT2D eigenvalue weighted by Crippen LogP contribution is -2.14. The fraction of sp³-hybridized carbons (Fsp3) is 0.429. The van der Waals surface area contributed by atoms with Crippen molar-refractivity contribution < 1.29 is 13.2 Å². The lowest BCUT2D eigenvalue weighted by Gasteiger charge is -2.14. The Morgan fingerprint density at radius 3 is 2.22 bits per heavy atom. The van der Waals surface area contributed by atoms with Crippen LogP contribution in [0.3, 0.4) is 0 Å². The second-order valence-corrected chi connectivity index (χ2v) is 8.64. The van der Waals surface area contributed by atoms with E-state index in [1.807, 2.05) is 12.1 Å². The number of rotatable bonds is 9. The molecule has 0 aliphatic heterocycles. The van der Waals surface area contributed by atoms with Crippen LogP contribution >= 0.6 is 0 Å². The second kappa shape index (κ2) is 9.13. The lowest BCUT2D eigenvalue weighted by molar-refractivity contribution is 0.210. The molecule has 0 saturated heterocycles. The molecule has 1 aliphatic rings. The molecule has 3 rings (SSSR count). The van der Waals surface area contributed by atoms with E-state index in [0.717, 1.165) is 43.7 Å². The first-order valence-corrected chi connectivity index (χ1v) is 11.2. The van der Waals surface area contributed by atoms with E-state index in [-0.39, 0.29) is 11.0 Å². The number of unbranched alkanes of at least 4 members (excludes halogenated alkanes) is 1. The fourth-order valence-electron chi connectivity index (χ4n) is 3.18. The summed E-state index contributed by atoms with van der Waals surface area (Å²) in [6, 6.07) is 13.9. The molecule has 0 bridgehead atoms. The summed E-state index contributed by atoms with van der Waals surface area (Å²) in [5.74, 6) is 0.725. The summed E-state index contributed by atoms with van der Waals surface area (Å²) < 4.78 is 33.7. The van der Waals surface area contributed by atoms with Gasteiger partial charge in [0, 0.05) is 17.9 Å². The summed E-state index contributed by atoms with van der Waals surface area (Å²) in [5.41, 5.74) is 1.53. The van der Waals surface area contributed by atoms with Crippen molar-refractivity contribution in [2.24, 2.45) is 0 Å². The number of sulfonamides is 1. The molecule has 1 fully saturated rings. The molecular formula is C21H28N2O3S. The molecule has 2 N–H and O–H groups in total. The standard InChI is InChI=1S/C21H28N2O3S/c1-2-3-16-22-17-8-10-18(11-9-17)23-27(24,25)21-14-12-20(13-15-21)26-19-6-4-5-7-19/h8-15,19,22-23H,2-7,16H2,1H3. The average molecular weight is 389 g/mol. The molecule has 0 radical (unpaired) electrons. The summed E-state index contributed by atoms with van der Waals surface area (Å²) in [4.78, 5) is 0.228. The molecule has 146 valence electrons. The van der Waals surface area contributed by atoms with Gasteiger partial charge in [-0.15, -0.1) is 0 Å². The van der Waals surface area contributed by atoms with Gasteiger partial charge < -0.3 is 10.1 Å². The summed E-state index contributed by atoms with van der Waals surface area (Å²) in [7, 11) is -3.62. The highest BCUT2D eigenvalue weighted by Gasteiger charge is 2.18. The molecule has 1 saturated carbocycles. The Balaban J connectivity index is 1.60. The van der Waals surface area contributed by atoms with Crippen LogP contribution in [0.2, 0.25) is 0 Å².